The van der Waals surface area contributed by atoms with Crippen molar-refractivity contribution in [3.63, 3.8) is 0 Å². The molecule has 9 heteroatoms. The van der Waals surface area contributed by atoms with E-state index in [2.05, 4.69) is 38.5 Å². The summed E-state index contributed by atoms with van der Waals surface area (Å²) in [7, 11) is 0. The van der Waals surface area contributed by atoms with E-state index in [1.54, 1.807) is 12.1 Å². The topological polar surface area (TPSA) is 53.2 Å². The van der Waals surface area contributed by atoms with Gasteiger partial charge in [0.2, 0.25) is 3.79 Å². The lowest BCUT2D eigenvalue weighted by Crippen LogP contribution is -2.56. The predicted octanol–water partition coefficient (Wildman–Crippen LogP) is 4.70. The molecule has 4 nitrogen and oxygen atoms in total. The monoisotopic (exact) mass is 527 g/mol. The summed E-state index contributed by atoms with van der Waals surface area (Å²) in [6.07, 6.45) is -1.02. The molecular formula is C16H13Cl3IN3OS. The van der Waals surface area contributed by atoms with Crippen LogP contribution in [0.1, 0.15) is 10.4 Å². The Labute approximate surface area is 179 Å². The van der Waals surface area contributed by atoms with Crippen LogP contribution in [0.5, 0.6) is 0 Å². The molecule has 0 fully saturated rings. The second-order valence-corrected chi connectivity index (χ2v) is 8.83. The van der Waals surface area contributed by atoms with Crippen molar-refractivity contribution < 1.29 is 4.79 Å². The molecule has 0 aromatic heterocycles. The first-order valence-electron chi connectivity index (χ1n) is 7.02. The van der Waals surface area contributed by atoms with Gasteiger partial charge in [-0.15, -0.1) is 0 Å². The van der Waals surface area contributed by atoms with Crippen molar-refractivity contribution in [1.82, 2.24) is 10.6 Å². The fourth-order valence-electron chi connectivity index (χ4n) is 1.87. The summed E-state index contributed by atoms with van der Waals surface area (Å²) in [6, 6.07) is 16.4. The zero-order chi connectivity index (χ0) is 18.4. The van der Waals surface area contributed by atoms with E-state index in [0.29, 0.717) is 5.56 Å². The molecule has 0 aliphatic rings. The summed E-state index contributed by atoms with van der Waals surface area (Å²) >= 11 is 25.2. The summed E-state index contributed by atoms with van der Waals surface area (Å²) in [5.74, 6) is -0.378. The number of carbonyl (C=O) groups is 1. The number of benzene rings is 2. The van der Waals surface area contributed by atoms with Crippen LogP contribution in [0.2, 0.25) is 0 Å². The molecule has 0 aliphatic carbocycles. The largest absolute Gasteiger partial charge is 0.339 e. The van der Waals surface area contributed by atoms with Gasteiger partial charge in [-0.3, -0.25) is 4.79 Å². The Hall–Kier alpha value is -0.800. The fraction of sp³-hybridized carbons (Fsp3) is 0.125. The third-order valence-corrected chi connectivity index (χ3v) is 4.84. The second kappa shape index (κ2) is 9.23. The summed E-state index contributed by atoms with van der Waals surface area (Å²) in [5.41, 5.74) is 1.25. The van der Waals surface area contributed by atoms with E-state index < -0.39 is 9.96 Å². The Balaban J connectivity index is 2.08. The van der Waals surface area contributed by atoms with Crippen LogP contribution >= 0.6 is 69.6 Å². The van der Waals surface area contributed by atoms with Crippen molar-refractivity contribution in [2.24, 2.45) is 0 Å². The molecule has 1 atom stereocenters. The zero-order valence-electron chi connectivity index (χ0n) is 12.6. The molecule has 2 aromatic rings. The van der Waals surface area contributed by atoms with Gasteiger partial charge in [0, 0.05) is 9.26 Å². The zero-order valence-corrected chi connectivity index (χ0v) is 17.8. The predicted molar refractivity (Wildman–Crippen MR) is 117 cm³/mol. The van der Waals surface area contributed by atoms with Gasteiger partial charge in [0.05, 0.1) is 5.56 Å². The van der Waals surface area contributed by atoms with Crippen LogP contribution in [-0.4, -0.2) is 21.0 Å². The number of carbonyl (C=O) groups excluding carboxylic acids is 1. The fourth-order valence-corrected chi connectivity index (χ4v) is 3.07. The van der Waals surface area contributed by atoms with Gasteiger partial charge in [-0.05, 0) is 59.1 Å². The van der Waals surface area contributed by atoms with E-state index in [4.69, 9.17) is 47.0 Å². The van der Waals surface area contributed by atoms with E-state index in [-0.39, 0.29) is 11.0 Å². The maximum atomic E-state index is 12.5. The van der Waals surface area contributed by atoms with Crippen LogP contribution in [-0.2, 0) is 0 Å². The Bertz CT molecular complexity index is 756. The van der Waals surface area contributed by atoms with Crippen LogP contribution in [0, 0.1) is 3.57 Å². The quantitative estimate of drug-likeness (QED) is 0.233. The standard InChI is InChI=1S/C16H13Cl3IN3OS/c17-16(18,19)14(22-13(24)11-8-4-5-9-12(11)20)23-15(25)21-10-6-2-1-3-7-10/h1-9,14H,(H,22,24)(H2,21,23,25)/t14-/m1/s1. The first kappa shape index (κ1) is 20.5. The van der Waals surface area contributed by atoms with Gasteiger partial charge >= 0.3 is 0 Å². The molecule has 0 radical (unpaired) electrons. The van der Waals surface area contributed by atoms with E-state index >= 15 is 0 Å². The number of alkyl halides is 3. The molecule has 0 spiro atoms. The highest BCUT2D eigenvalue weighted by atomic mass is 127. The highest BCUT2D eigenvalue weighted by Crippen LogP contribution is 2.29. The molecule has 2 rings (SSSR count). The van der Waals surface area contributed by atoms with Crippen molar-refractivity contribution in [1.29, 1.82) is 0 Å². The van der Waals surface area contributed by atoms with Crippen molar-refractivity contribution >= 4 is 86.3 Å². The molecule has 0 unspecified atom stereocenters. The lowest BCUT2D eigenvalue weighted by atomic mass is 10.2. The Morgan fingerprint density at radius 3 is 2.20 bits per heavy atom. The highest BCUT2D eigenvalue weighted by Gasteiger charge is 2.35. The lowest BCUT2D eigenvalue weighted by molar-refractivity contribution is 0.0933. The third kappa shape index (κ3) is 6.45. The lowest BCUT2D eigenvalue weighted by Gasteiger charge is -2.28. The number of amides is 1. The Kier molecular flexibility index (Phi) is 7.57. The number of halogens is 4. The van der Waals surface area contributed by atoms with Crippen LogP contribution < -0.4 is 16.0 Å². The van der Waals surface area contributed by atoms with Gasteiger partial charge in [-0.2, -0.15) is 0 Å². The van der Waals surface area contributed by atoms with Crippen LogP contribution in [0.4, 0.5) is 5.69 Å². The summed E-state index contributed by atoms with van der Waals surface area (Å²) < 4.78 is -1.02. The maximum Gasteiger partial charge on any atom is 0.254 e. The van der Waals surface area contributed by atoms with Crippen LogP contribution in [0.3, 0.4) is 0 Å². The number of hydrogen-bond donors (Lipinski definition) is 3. The van der Waals surface area contributed by atoms with E-state index in [0.717, 1.165) is 9.26 Å². The average Bonchev–Trinajstić information content (AvgIpc) is 2.54. The van der Waals surface area contributed by atoms with E-state index in [9.17, 15) is 4.79 Å². The molecule has 2 aromatic carbocycles. The van der Waals surface area contributed by atoms with Crippen molar-refractivity contribution in [2.45, 2.75) is 9.96 Å². The molecule has 1 amide bonds. The number of rotatable bonds is 4. The van der Waals surface area contributed by atoms with Gasteiger partial charge < -0.3 is 16.0 Å². The normalized spacial score (nSPS) is 12.2. The molecule has 25 heavy (non-hydrogen) atoms. The Morgan fingerprint density at radius 2 is 1.60 bits per heavy atom. The van der Waals surface area contributed by atoms with Crippen molar-refractivity contribution in [3.8, 4) is 0 Å². The molecular weight excluding hydrogens is 516 g/mol. The van der Waals surface area contributed by atoms with Crippen LogP contribution in [0.15, 0.2) is 54.6 Å². The molecule has 132 valence electrons. The average molecular weight is 529 g/mol. The number of thiocarbonyl (C=S) groups is 1. The molecule has 0 aliphatic heterocycles. The minimum atomic E-state index is -1.81. The molecule has 3 N–H and O–H groups in total. The minimum Gasteiger partial charge on any atom is -0.339 e. The molecule has 0 bridgehead atoms. The van der Waals surface area contributed by atoms with Crippen molar-refractivity contribution in [2.75, 3.05) is 5.32 Å². The van der Waals surface area contributed by atoms with Crippen molar-refractivity contribution in [3.05, 3.63) is 63.7 Å². The summed E-state index contributed by atoms with van der Waals surface area (Å²) in [5, 5.41) is 8.64. The number of para-hydroxylation sites is 1. The van der Waals surface area contributed by atoms with Gasteiger partial charge in [0.25, 0.3) is 5.91 Å². The highest BCUT2D eigenvalue weighted by molar-refractivity contribution is 14.1. The van der Waals surface area contributed by atoms with E-state index in [1.807, 2.05) is 42.5 Å². The third-order valence-electron chi connectivity index (χ3n) is 3.03. The maximum absolute atomic E-state index is 12.5. The number of anilines is 1. The van der Waals surface area contributed by atoms with Gasteiger partial charge in [0.15, 0.2) is 5.11 Å². The van der Waals surface area contributed by atoms with Gasteiger partial charge in [-0.25, -0.2) is 0 Å². The number of nitrogens with one attached hydrogen (secondary N) is 3. The van der Waals surface area contributed by atoms with E-state index in [1.165, 1.54) is 0 Å². The SMILES string of the molecule is O=C(N[C@H](NC(=S)Nc1ccccc1)C(Cl)(Cl)Cl)c1ccccc1I. The van der Waals surface area contributed by atoms with Crippen LogP contribution in [0.25, 0.3) is 0 Å². The molecule has 0 saturated carbocycles. The molecule has 0 heterocycles. The van der Waals surface area contributed by atoms with Gasteiger partial charge in [0.1, 0.15) is 6.17 Å². The minimum absolute atomic E-state index is 0.214. The summed E-state index contributed by atoms with van der Waals surface area (Å²) in [6.45, 7) is 0. The second-order valence-electron chi connectivity index (χ2n) is 4.89. The Morgan fingerprint density at radius 1 is 1.00 bits per heavy atom. The smallest absolute Gasteiger partial charge is 0.254 e. The molecule has 0 saturated heterocycles. The van der Waals surface area contributed by atoms with Gasteiger partial charge in [-0.1, -0.05) is 65.1 Å². The number of hydrogen-bond acceptors (Lipinski definition) is 2. The summed E-state index contributed by atoms with van der Waals surface area (Å²) in [4.78, 5) is 12.5. The first-order valence-corrected chi connectivity index (χ1v) is 9.64. The first-order chi connectivity index (χ1) is 11.8.